The van der Waals surface area contributed by atoms with Gasteiger partial charge in [-0.1, -0.05) is 19.9 Å². The van der Waals surface area contributed by atoms with Crippen LogP contribution in [0.5, 0.6) is 0 Å². The molecule has 0 N–H and O–H groups in total. The van der Waals surface area contributed by atoms with E-state index >= 15 is 0 Å². The van der Waals surface area contributed by atoms with E-state index in [1.165, 1.54) is 0 Å². The van der Waals surface area contributed by atoms with Gasteiger partial charge in [0.15, 0.2) is 11.5 Å². The van der Waals surface area contributed by atoms with Crippen LogP contribution in [0.4, 0.5) is 13.2 Å². The van der Waals surface area contributed by atoms with E-state index < -0.39 is 22.7 Å². The van der Waals surface area contributed by atoms with Crippen molar-refractivity contribution in [3.63, 3.8) is 0 Å². The van der Waals surface area contributed by atoms with Crippen LogP contribution in [0.1, 0.15) is 37.4 Å². The summed E-state index contributed by atoms with van der Waals surface area (Å²) in [6, 6.07) is 1.95. The zero-order chi connectivity index (χ0) is 20.0. The minimum absolute atomic E-state index is 0.121. The Morgan fingerprint density at radius 1 is 1.44 bits per heavy atom. The van der Waals surface area contributed by atoms with Crippen molar-refractivity contribution in [3.8, 4) is 6.07 Å². The van der Waals surface area contributed by atoms with Crippen LogP contribution in [0.25, 0.3) is 0 Å². The molecule has 1 atom stereocenters. The van der Waals surface area contributed by atoms with E-state index in [2.05, 4.69) is 4.98 Å². The fraction of sp³-hybridized carbons (Fsp3) is 0.556. The molecule has 1 spiro atoms. The molecule has 9 heteroatoms. The Morgan fingerprint density at radius 2 is 2.15 bits per heavy atom. The first-order chi connectivity index (χ1) is 12.5. The van der Waals surface area contributed by atoms with Crippen molar-refractivity contribution in [1.82, 2.24) is 9.88 Å². The van der Waals surface area contributed by atoms with Gasteiger partial charge in [0.05, 0.1) is 12.0 Å². The Bertz CT molecular complexity index is 866. The Hall–Kier alpha value is -2.21. The van der Waals surface area contributed by atoms with Gasteiger partial charge in [-0.15, -0.1) is 11.3 Å². The second-order valence-electron chi connectivity index (χ2n) is 7.79. The molecule has 0 bridgehead atoms. The molecule has 1 amide bonds. The number of carbonyl (C=O) groups is 2. The summed E-state index contributed by atoms with van der Waals surface area (Å²) in [7, 11) is 0. The fourth-order valence-corrected chi connectivity index (χ4v) is 4.76. The molecule has 3 rings (SSSR count). The topological polar surface area (TPSA) is 74.1 Å². The number of ketones is 1. The number of alkyl halides is 3. The van der Waals surface area contributed by atoms with Crippen molar-refractivity contribution in [3.05, 3.63) is 27.7 Å². The van der Waals surface area contributed by atoms with E-state index in [4.69, 9.17) is 0 Å². The second-order valence-corrected chi connectivity index (χ2v) is 8.73. The molecule has 27 heavy (non-hydrogen) atoms. The van der Waals surface area contributed by atoms with Gasteiger partial charge in [0, 0.05) is 29.3 Å². The Kier molecular flexibility index (Phi) is 4.67. The second kappa shape index (κ2) is 6.44. The normalized spacial score (nSPS) is 24.8. The van der Waals surface area contributed by atoms with Gasteiger partial charge in [-0.05, 0) is 12.8 Å². The largest absolute Gasteiger partial charge is 0.434 e. The number of nitrogens with zero attached hydrogens (tertiary/aromatic N) is 3. The molecule has 0 aromatic carbocycles. The molecule has 1 aliphatic heterocycles. The number of hydrogen-bond acceptors (Lipinski definition) is 5. The van der Waals surface area contributed by atoms with Crippen molar-refractivity contribution >= 4 is 23.0 Å². The maximum Gasteiger partial charge on any atom is 0.434 e. The van der Waals surface area contributed by atoms with Gasteiger partial charge in [-0.2, -0.15) is 18.4 Å². The first-order valence-corrected chi connectivity index (χ1v) is 9.31. The molecule has 1 aromatic heterocycles. The zero-order valence-corrected chi connectivity index (χ0v) is 15.7. The van der Waals surface area contributed by atoms with E-state index in [1.807, 2.05) is 6.07 Å². The summed E-state index contributed by atoms with van der Waals surface area (Å²) >= 11 is 0.816. The zero-order valence-electron chi connectivity index (χ0n) is 14.9. The lowest BCUT2D eigenvalue weighted by Crippen LogP contribution is -2.41. The number of allylic oxidation sites excluding steroid dienone is 1. The molecule has 2 aliphatic rings. The van der Waals surface area contributed by atoms with E-state index in [-0.39, 0.29) is 28.7 Å². The van der Waals surface area contributed by atoms with E-state index in [0.717, 1.165) is 16.7 Å². The number of rotatable bonds is 2. The van der Waals surface area contributed by atoms with Crippen molar-refractivity contribution in [2.75, 3.05) is 13.1 Å². The minimum atomic E-state index is -4.52. The van der Waals surface area contributed by atoms with Crippen molar-refractivity contribution in [1.29, 1.82) is 5.26 Å². The summed E-state index contributed by atoms with van der Waals surface area (Å²) in [5.74, 6) is -0.487. The molecule has 144 valence electrons. The predicted octanol–water partition coefficient (Wildman–Crippen LogP) is 3.37. The smallest absolute Gasteiger partial charge is 0.341 e. The van der Waals surface area contributed by atoms with Crippen LogP contribution in [-0.2, 0) is 22.2 Å². The van der Waals surface area contributed by atoms with Crippen molar-refractivity contribution in [2.45, 2.75) is 39.3 Å². The van der Waals surface area contributed by atoms with Crippen molar-refractivity contribution in [2.24, 2.45) is 10.8 Å². The minimum Gasteiger partial charge on any atom is -0.341 e. The first-order valence-electron chi connectivity index (χ1n) is 8.43. The van der Waals surface area contributed by atoms with Crippen LogP contribution in [0.2, 0.25) is 0 Å². The number of hydrogen-bond donors (Lipinski definition) is 0. The molecule has 1 fully saturated rings. The summed E-state index contributed by atoms with van der Waals surface area (Å²) in [6.07, 6.45) is -1.88. The number of likely N-dealkylation sites (tertiary alicyclic amines) is 1. The standard InChI is InChI=1S/C18H18F3N3O2S/c1-16(2)9-17(6-11(7-22)15(16)26)3-4-24(10-17)14(25)5-13-23-12(8-27-13)18(19,20)21/h6,8H,3-5,9-10H2,1-2H3/t17-/m1/s1. The molecule has 0 saturated carbocycles. The molecular weight excluding hydrogens is 379 g/mol. The SMILES string of the molecule is CC1(C)C[C@]2(C=C(C#N)C1=O)CCN(C(=O)Cc1nc(C(F)(F)F)cs1)C2. The first kappa shape index (κ1) is 19.5. The summed E-state index contributed by atoms with van der Waals surface area (Å²) in [5, 5.41) is 10.3. The van der Waals surface area contributed by atoms with Crippen LogP contribution in [0, 0.1) is 22.2 Å². The lowest BCUT2D eigenvalue weighted by molar-refractivity contribution is -0.141. The summed E-state index contributed by atoms with van der Waals surface area (Å²) in [6.45, 7) is 4.38. The van der Waals surface area contributed by atoms with Gasteiger partial charge < -0.3 is 4.90 Å². The molecule has 1 aliphatic carbocycles. The van der Waals surface area contributed by atoms with E-state index in [1.54, 1.807) is 24.8 Å². The van der Waals surface area contributed by atoms with Crippen LogP contribution >= 0.6 is 11.3 Å². The summed E-state index contributed by atoms with van der Waals surface area (Å²) in [4.78, 5) is 29.9. The highest BCUT2D eigenvalue weighted by Crippen LogP contribution is 2.48. The molecule has 1 aromatic rings. The highest BCUT2D eigenvalue weighted by atomic mass is 32.1. The number of Topliss-reactive ketones (excluding diaryl/α,β-unsaturated/α-hetero) is 1. The van der Waals surface area contributed by atoms with E-state index in [0.29, 0.717) is 25.9 Å². The average molecular weight is 397 g/mol. The van der Waals surface area contributed by atoms with E-state index in [9.17, 15) is 28.0 Å². The third-order valence-corrected chi connectivity index (χ3v) is 5.96. The predicted molar refractivity (Wildman–Crippen MR) is 91.6 cm³/mol. The number of thiazole rings is 1. The Labute approximate surface area is 158 Å². The van der Waals surface area contributed by atoms with Gasteiger partial charge in [-0.3, -0.25) is 9.59 Å². The highest BCUT2D eigenvalue weighted by Gasteiger charge is 2.48. The van der Waals surface area contributed by atoms with Crippen LogP contribution in [-0.4, -0.2) is 34.7 Å². The molecular formula is C18H18F3N3O2S. The van der Waals surface area contributed by atoms with Crippen LogP contribution in [0.3, 0.4) is 0 Å². The Morgan fingerprint density at radius 3 is 2.74 bits per heavy atom. The lowest BCUT2D eigenvalue weighted by atomic mass is 9.64. The number of nitriles is 1. The number of amides is 1. The average Bonchev–Trinajstić information content (AvgIpc) is 3.18. The summed E-state index contributed by atoms with van der Waals surface area (Å²) in [5.41, 5.74) is -1.99. The third-order valence-electron chi connectivity index (χ3n) is 5.11. The van der Waals surface area contributed by atoms with Gasteiger partial charge in [0.25, 0.3) is 0 Å². The monoisotopic (exact) mass is 397 g/mol. The maximum atomic E-state index is 12.6. The maximum absolute atomic E-state index is 12.6. The van der Waals surface area contributed by atoms with Gasteiger partial charge >= 0.3 is 6.18 Å². The van der Waals surface area contributed by atoms with Gasteiger partial charge in [0.2, 0.25) is 5.91 Å². The highest BCUT2D eigenvalue weighted by molar-refractivity contribution is 7.09. The summed E-state index contributed by atoms with van der Waals surface area (Å²) < 4.78 is 37.9. The molecule has 0 unspecified atom stereocenters. The number of halogens is 3. The van der Waals surface area contributed by atoms with Crippen LogP contribution in [0.15, 0.2) is 17.0 Å². The number of aromatic nitrogens is 1. The molecule has 2 heterocycles. The quantitative estimate of drug-likeness (QED) is 0.767. The van der Waals surface area contributed by atoms with Gasteiger partial charge in [-0.25, -0.2) is 4.98 Å². The molecule has 0 radical (unpaired) electrons. The molecule has 5 nitrogen and oxygen atoms in total. The van der Waals surface area contributed by atoms with Gasteiger partial charge in [0.1, 0.15) is 11.1 Å². The third kappa shape index (κ3) is 3.76. The Balaban J connectivity index is 1.73. The number of carbonyl (C=O) groups excluding carboxylic acids is 2. The van der Waals surface area contributed by atoms with Crippen LogP contribution < -0.4 is 0 Å². The fourth-order valence-electron chi connectivity index (χ4n) is 3.97. The van der Waals surface area contributed by atoms with Crippen molar-refractivity contribution < 1.29 is 22.8 Å². The lowest BCUT2D eigenvalue weighted by Gasteiger charge is -2.38. The molecule has 1 saturated heterocycles.